The van der Waals surface area contributed by atoms with Crippen LogP contribution >= 0.6 is 0 Å². The molecule has 2 N–H and O–H groups in total. The summed E-state index contributed by atoms with van der Waals surface area (Å²) < 4.78 is 10.1. The van der Waals surface area contributed by atoms with Gasteiger partial charge in [-0.15, -0.1) is 0 Å². The van der Waals surface area contributed by atoms with Crippen LogP contribution in [0.4, 0.5) is 10.5 Å². The van der Waals surface area contributed by atoms with Crippen LogP contribution in [0.5, 0.6) is 0 Å². The van der Waals surface area contributed by atoms with Crippen LogP contribution in [-0.4, -0.2) is 30.2 Å². The molecule has 0 aromatic heterocycles. The summed E-state index contributed by atoms with van der Waals surface area (Å²) in [5, 5.41) is 5.53. The Morgan fingerprint density at radius 2 is 1.16 bits per heavy atom. The number of amides is 2. The van der Waals surface area contributed by atoms with Crippen molar-refractivity contribution in [3.8, 4) is 0 Å². The molecule has 1 atom stereocenters. The van der Waals surface area contributed by atoms with E-state index in [0.717, 1.165) is 11.3 Å². The highest BCUT2D eigenvalue weighted by Gasteiger charge is 2.20. The zero-order chi connectivity index (χ0) is 28.3. The normalized spacial score (nSPS) is 10.6. The van der Waals surface area contributed by atoms with E-state index in [1.807, 2.05) is 94.4 Å². The van der Waals surface area contributed by atoms with Crippen molar-refractivity contribution in [1.82, 2.24) is 5.32 Å². The van der Waals surface area contributed by atoms with E-state index in [9.17, 15) is 14.4 Å². The van der Waals surface area contributed by atoms with E-state index >= 15 is 0 Å². The Hall–Kier alpha value is -4.13. The van der Waals surface area contributed by atoms with Crippen molar-refractivity contribution in [2.45, 2.75) is 66.2 Å². The van der Waals surface area contributed by atoms with Gasteiger partial charge in [-0.2, -0.15) is 0 Å². The summed E-state index contributed by atoms with van der Waals surface area (Å²) in [6.45, 7) is 11.2. The molecule has 0 aliphatic heterocycles. The first-order valence-electron chi connectivity index (χ1n) is 12.9. The highest BCUT2D eigenvalue weighted by molar-refractivity contribution is 5.94. The molecule has 0 bridgehead atoms. The molecule has 0 aliphatic carbocycles. The van der Waals surface area contributed by atoms with Crippen LogP contribution < -0.4 is 10.6 Å². The molecule has 3 aromatic rings. The van der Waals surface area contributed by atoms with E-state index in [2.05, 4.69) is 10.6 Å². The maximum absolute atomic E-state index is 12.4. The molecule has 0 fully saturated rings. The average molecular weight is 521 g/mol. The number of carbonyl (C=O) groups excluding carboxylic acids is 3. The molecule has 0 heterocycles. The van der Waals surface area contributed by atoms with Crippen molar-refractivity contribution in [1.29, 1.82) is 0 Å². The smallest absolute Gasteiger partial charge is 0.411 e. The summed E-state index contributed by atoms with van der Waals surface area (Å²) in [6, 6.07) is 27.2. The fraction of sp³-hybridized carbons (Fsp3) is 0.323. The van der Waals surface area contributed by atoms with Gasteiger partial charge in [0, 0.05) is 11.3 Å². The lowest BCUT2D eigenvalue weighted by molar-refractivity contribution is -0.147. The average Bonchev–Trinajstić information content (AvgIpc) is 2.90. The van der Waals surface area contributed by atoms with Crippen LogP contribution in [0.1, 0.15) is 69.9 Å². The zero-order valence-corrected chi connectivity index (χ0v) is 23.1. The maximum atomic E-state index is 12.4. The van der Waals surface area contributed by atoms with Crippen LogP contribution in [-0.2, 0) is 14.3 Å². The number of hydrogen-bond donors (Lipinski definition) is 2. The second-order valence-corrected chi connectivity index (χ2v) is 8.49. The molecular formula is C31H40N2O5. The lowest BCUT2D eigenvalue weighted by Crippen LogP contribution is -2.31. The van der Waals surface area contributed by atoms with Gasteiger partial charge >= 0.3 is 12.1 Å². The van der Waals surface area contributed by atoms with Gasteiger partial charge in [0.2, 0.25) is 0 Å². The molecule has 38 heavy (non-hydrogen) atoms. The number of para-hydroxylation sites is 1. The molecule has 7 nitrogen and oxygen atoms in total. The molecule has 0 radical (unpaired) electrons. The van der Waals surface area contributed by atoms with E-state index in [0.29, 0.717) is 5.56 Å². The Labute approximate surface area is 226 Å². The molecule has 3 aromatic carbocycles. The number of benzene rings is 3. The van der Waals surface area contributed by atoms with Crippen molar-refractivity contribution >= 4 is 23.7 Å². The SMILES string of the molecule is CC.CC(C)OC(=O)C[C@@H](NC(=O)c1ccccc1)c1ccccc1.CC(C)OC(=O)Nc1ccccc1. The first kappa shape index (κ1) is 31.9. The quantitative estimate of drug-likeness (QED) is 0.307. The standard InChI is InChI=1S/C19H21NO3.C10H13NO2.C2H6/c1-14(2)23-18(21)13-17(15-9-5-3-6-10-15)20-19(22)16-11-7-4-8-12-16;1-8(2)13-10(12)11-9-6-4-3-5-7-9;1-2/h3-12,14,17H,13H2,1-2H3,(H,20,22);3-8H,1-2H3,(H,11,12);1-2H3/t17-;;/m1../s1. The van der Waals surface area contributed by atoms with Gasteiger partial charge in [0.15, 0.2) is 0 Å². The molecule has 7 heteroatoms. The maximum Gasteiger partial charge on any atom is 0.411 e. The summed E-state index contributed by atoms with van der Waals surface area (Å²) in [5.41, 5.74) is 2.18. The Bertz CT molecular complexity index is 1070. The number of anilines is 1. The van der Waals surface area contributed by atoms with Gasteiger partial charge in [0.1, 0.15) is 0 Å². The van der Waals surface area contributed by atoms with E-state index in [1.54, 1.807) is 38.1 Å². The van der Waals surface area contributed by atoms with Crippen LogP contribution in [0.3, 0.4) is 0 Å². The first-order valence-corrected chi connectivity index (χ1v) is 12.9. The third-order valence-electron chi connectivity index (χ3n) is 4.64. The highest BCUT2D eigenvalue weighted by Crippen LogP contribution is 2.18. The predicted molar refractivity (Wildman–Crippen MR) is 152 cm³/mol. The Morgan fingerprint density at radius 1 is 0.684 bits per heavy atom. The van der Waals surface area contributed by atoms with E-state index in [-0.39, 0.29) is 30.5 Å². The van der Waals surface area contributed by atoms with Crippen LogP contribution in [0.25, 0.3) is 0 Å². The molecule has 2 amide bonds. The van der Waals surface area contributed by atoms with Crippen molar-refractivity contribution in [2.24, 2.45) is 0 Å². The minimum Gasteiger partial charge on any atom is -0.463 e. The Kier molecular flexibility index (Phi) is 15.2. The monoisotopic (exact) mass is 520 g/mol. The minimum atomic E-state index is -0.421. The molecule has 0 saturated carbocycles. The molecule has 0 unspecified atom stereocenters. The molecule has 3 rings (SSSR count). The largest absolute Gasteiger partial charge is 0.463 e. The highest BCUT2D eigenvalue weighted by atomic mass is 16.6. The van der Waals surface area contributed by atoms with Crippen LogP contribution in [0.15, 0.2) is 91.0 Å². The number of hydrogen-bond acceptors (Lipinski definition) is 5. The lowest BCUT2D eigenvalue weighted by atomic mass is 10.0. The molecular weight excluding hydrogens is 480 g/mol. The van der Waals surface area contributed by atoms with Crippen molar-refractivity contribution in [3.63, 3.8) is 0 Å². The molecule has 204 valence electrons. The van der Waals surface area contributed by atoms with Crippen LogP contribution in [0.2, 0.25) is 0 Å². The Morgan fingerprint density at radius 3 is 1.66 bits per heavy atom. The van der Waals surface area contributed by atoms with Gasteiger partial charge in [-0.3, -0.25) is 14.9 Å². The van der Waals surface area contributed by atoms with Gasteiger partial charge < -0.3 is 14.8 Å². The number of nitrogens with one attached hydrogen (secondary N) is 2. The number of ether oxygens (including phenoxy) is 2. The van der Waals surface area contributed by atoms with Gasteiger partial charge in [0.25, 0.3) is 5.91 Å². The third kappa shape index (κ3) is 13.3. The molecule has 0 spiro atoms. The topological polar surface area (TPSA) is 93.7 Å². The van der Waals surface area contributed by atoms with E-state index < -0.39 is 12.1 Å². The number of rotatable bonds is 8. The first-order chi connectivity index (χ1) is 18.2. The molecule has 0 aliphatic rings. The lowest BCUT2D eigenvalue weighted by Gasteiger charge is -2.19. The van der Waals surface area contributed by atoms with Gasteiger partial charge in [-0.1, -0.05) is 80.6 Å². The second kappa shape index (κ2) is 18.2. The van der Waals surface area contributed by atoms with Crippen LogP contribution in [0, 0.1) is 0 Å². The van der Waals surface area contributed by atoms with Gasteiger partial charge in [0.05, 0.1) is 24.7 Å². The zero-order valence-electron chi connectivity index (χ0n) is 23.1. The van der Waals surface area contributed by atoms with Crippen molar-refractivity contribution in [3.05, 3.63) is 102 Å². The summed E-state index contributed by atoms with van der Waals surface area (Å²) >= 11 is 0. The predicted octanol–water partition coefficient (Wildman–Crippen LogP) is 7.17. The Balaban J connectivity index is 0.000000408. The number of carbonyl (C=O) groups is 3. The minimum absolute atomic E-state index is 0.0938. The van der Waals surface area contributed by atoms with Gasteiger partial charge in [-0.25, -0.2) is 4.79 Å². The summed E-state index contributed by atoms with van der Waals surface area (Å²) in [6.07, 6.45) is -0.588. The summed E-state index contributed by atoms with van der Waals surface area (Å²) in [4.78, 5) is 35.4. The molecule has 0 saturated heterocycles. The van der Waals surface area contributed by atoms with Crippen molar-refractivity contribution in [2.75, 3.05) is 5.32 Å². The van der Waals surface area contributed by atoms with Crippen molar-refractivity contribution < 1.29 is 23.9 Å². The number of esters is 1. The van der Waals surface area contributed by atoms with Gasteiger partial charge in [-0.05, 0) is 57.5 Å². The summed E-state index contributed by atoms with van der Waals surface area (Å²) in [7, 11) is 0. The third-order valence-corrected chi connectivity index (χ3v) is 4.64. The summed E-state index contributed by atoms with van der Waals surface area (Å²) in [5.74, 6) is -0.543. The second-order valence-electron chi connectivity index (χ2n) is 8.49. The van der Waals surface area contributed by atoms with E-state index in [4.69, 9.17) is 9.47 Å². The van der Waals surface area contributed by atoms with E-state index in [1.165, 1.54) is 0 Å². The fourth-order valence-corrected chi connectivity index (χ4v) is 3.13. The fourth-order valence-electron chi connectivity index (χ4n) is 3.13.